The minimum Gasteiger partial charge on any atom is -0.493 e. The predicted octanol–water partition coefficient (Wildman–Crippen LogP) is 1.71. The SMILES string of the molecule is CCNC(=O)CCOc1c(CN)cc(Cl)cc1OC. The summed E-state index contributed by atoms with van der Waals surface area (Å²) in [6, 6.07) is 3.38. The van der Waals surface area contributed by atoms with Gasteiger partial charge in [-0.15, -0.1) is 0 Å². The Labute approximate surface area is 118 Å². The number of carbonyl (C=O) groups excluding carboxylic acids is 1. The zero-order valence-electron chi connectivity index (χ0n) is 11.2. The average molecular weight is 287 g/mol. The predicted molar refractivity (Wildman–Crippen MR) is 74.7 cm³/mol. The van der Waals surface area contributed by atoms with Crippen LogP contribution < -0.4 is 20.5 Å². The number of nitrogens with one attached hydrogen (secondary N) is 1. The summed E-state index contributed by atoms with van der Waals surface area (Å²) in [6.45, 7) is 3.02. The number of ether oxygens (including phenoxy) is 2. The number of benzene rings is 1. The molecule has 1 amide bonds. The number of rotatable bonds is 7. The highest BCUT2D eigenvalue weighted by Crippen LogP contribution is 2.34. The molecule has 0 bridgehead atoms. The molecule has 0 heterocycles. The summed E-state index contributed by atoms with van der Waals surface area (Å²) in [4.78, 5) is 11.3. The fourth-order valence-electron chi connectivity index (χ4n) is 1.62. The normalized spacial score (nSPS) is 10.1. The zero-order valence-corrected chi connectivity index (χ0v) is 11.9. The van der Waals surface area contributed by atoms with Crippen molar-refractivity contribution >= 4 is 17.5 Å². The highest BCUT2D eigenvalue weighted by Gasteiger charge is 2.12. The van der Waals surface area contributed by atoms with Gasteiger partial charge in [-0.05, 0) is 13.0 Å². The summed E-state index contributed by atoms with van der Waals surface area (Å²) in [5.74, 6) is 1.01. The molecular weight excluding hydrogens is 268 g/mol. The summed E-state index contributed by atoms with van der Waals surface area (Å²) in [6.07, 6.45) is 0.281. The second-order valence-corrected chi connectivity index (χ2v) is 4.29. The van der Waals surface area contributed by atoms with Crippen molar-refractivity contribution in [3.63, 3.8) is 0 Å². The van der Waals surface area contributed by atoms with Crippen LogP contribution in [0.3, 0.4) is 0 Å². The van der Waals surface area contributed by atoms with E-state index in [2.05, 4.69) is 5.32 Å². The molecule has 1 aromatic rings. The fraction of sp³-hybridized carbons (Fsp3) is 0.462. The van der Waals surface area contributed by atoms with Crippen LogP contribution in [-0.4, -0.2) is 26.2 Å². The molecule has 0 aliphatic rings. The molecule has 0 saturated carbocycles. The smallest absolute Gasteiger partial charge is 0.223 e. The van der Waals surface area contributed by atoms with Crippen LogP contribution in [0.1, 0.15) is 18.9 Å². The second kappa shape index (κ2) is 7.86. The third-order valence-corrected chi connectivity index (χ3v) is 2.70. The molecule has 0 aliphatic carbocycles. The van der Waals surface area contributed by atoms with Gasteiger partial charge in [0.1, 0.15) is 0 Å². The lowest BCUT2D eigenvalue weighted by Crippen LogP contribution is -2.24. The molecule has 0 unspecified atom stereocenters. The molecule has 0 atom stereocenters. The van der Waals surface area contributed by atoms with E-state index in [0.717, 1.165) is 5.56 Å². The number of methoxy groups -OCH3 is 1. The first kappa shape index (κ1) is 15.6. The van der Waals surface area contributed by atoms with E-state index >= 15 is 0 Å². The molecule has 0 radical (unpaired) electrons. The maximum Gasteiger partial charge on any atom is 0.223 e. The minimum absolute atomic E-state index is 0.0512. The number of nitrogens with two attached hydrogens (primary N) is 1. The Balaban J connectivity index is 2.73. The third-order valence-electron chi connectivity index (χ3n) is 2.49. The summed E-state index contributed by atoms with van der Waals surface area (Å²) in [5.41, 5.74) is 6.40. The number of hydrogen-bond donors (Lipinski definition) is 2. The number of halogens is 1. The van der Waals surface area contributed by atoms with Gasteiger partial charge in [-0.25, -0.2) is 0 Å². The maximum atomic E-state index is 11.3. The Kier molecular flexibility index (Phi) is 6.45. The molecule has 106 valence electrons. The van der Waals surface area contributed by atoms with Gasteiger partial charge in [0.2, 0.25) is 5.91 Å². The molecular formula is C13H19ClN2O3. The molecule has 6 heteroatoms. The lowest BCUT2D eigenvalue weighted by molar-refractivity contribution is -0.121. The molecule has 0 saturated heterocycles. The average Bonchev–Trinajstić information content (AvgIpc) is 2.39. The highest BCUT2D eigenvalue weighted by molar-refractivity contribution is 6.30. The van der Waals surface area contributed by atoms with Crippen molar-refractivity contribution in [3.8, 4) is 11.5 Å². The van der Waals surface area contributed by atoms with Gasteiger partial charge in [0.15, 0.2) is 11.5 Å². The Bertz CT molecular complexity index is 413. The first-order valence-corrected chi connectivity index (χ1v) is 6.46. The maximum absolute atomic E-state index is 11.3. The molecule has 0 fully saturated rings. The Morgan fingerprint density at radius 1 is 1.47 bits per heavy atom. The topological polar surface area (TPSA) is 73.6 Å². The van der Waals surface area contributed by atoms with Gasteiger partial charge in [-0.3, -0.25) is 4.79 Å². The van der Waals surface area contributed by atoms with Crippen LogP contribution in [0.2, 0.25) is 5.02 Å². The monoisotopic (exact) mass is 286 g/mol. The molecule has 0 aliphatic heterocycles. The summed E-state index contributed by atoms with van der Waals surface area (Å²) in [7, 11) is 1.53. The van der Waals surface area contributed by atoms with Gasteiger partial charge < -0.3 is 20.5 Å². The molecule has 19 heavy (non-hydrogen) atoms. The minimum atomic E-state index is -0.0512. The number of hydrogen-bond acceptors (Lipinski definition) is 4. The lowest BCUT2D eigenvalue weighted by Gasteiger charge is -2.14. The number of amides is 1. The fourth-order valence-corrected chi connectivity index (χ4v) is 1.85. The van der Waals surface area contributed by atoms with E-state index in [9.17, 15) is 4.79 Å². The van der Waals surface area contributed by atoms with Crippen LogP contribution in [0.4, 0.5) is 0 Å². The van der Waals surface area contributed by atoms with E-state index in [1.54, 1.807) is 12.1 Å². The Morgan fingerprint density at radius 3 is 2.79 bits per heavy atom. The van der Waals surface area contributed by atoms with Crippen molar-refractivity contribution in [1.82, 2.24) is 5.32 Å². The highest BCUT2D eigenvalue weighted by atomic mass is 35.5. The molecule has 3 N–H and O–H groups in total. The first-order chi connectivity index (χ1) is 9.12. The van der Waals surface area contributed by atoms with Crippen molar-refractivity contribution in [2.24, 2.45) is 5.73 Å². The van der Waals surface area contributed by atoms with Crippen molar-refractivity contribution in [2.75, 3.05) is 20.3 Å². The van der Waals surface area contributed by atoms with Gasteiger partial charge in [-0.1, -0.05) is 11.6 Å². The summed E-state index contributed by atoms with van der Waals surface area (Å²) in [5, 5.41) is 3.24. The van der Waals surface area contributed by atoms with Crippen LogP contribution in [0, 0.1) is 0 Å². The summed E-state index contributed by atoms with van der Waals surface area (Å²) < 4.78 is 10.8. The quantitative estimate of drug-likeness (QED) is 0.800. The van der Waals surface area contributed by atoms with E-state index in [-0.39, 0.29) is 25.5 Å². The van der Waals surface area contributed by atoms with Gasteiger partial charge in [0, 0.05) is 29.7 Å². The molecule has 0 spiro atoms. The Hall–Kier alpha value is -1.46. The molecule has 0 aromatic heterocycles. The van der Waals surface area contributed by atoms with Gasteiger partial charge in [0.25, 0.3) is 0 Å². The molecule has 5 nitrogen and oxygen atoms in total. The molecule has 1 aromatic carbocycles. The van der Waals surface area contributed by atoms with Crippen LogP contribution in [0.25, 0.3) is 0 Å². The van der Waals surface area contributed by atoms with Crippen molar-refractivity contribution in [1.29, 1.82) is 0 Å². The van der Waals surface area contributed by atoms with Crippen LogP contribution in [0.15, 0.2) is 12.1 Å². The van der Waals surface area contributed by atoms with E-state index in [1.165, 1.54) is 7.11 Å². The van der Waals surface area contributed by atoms with E-state index in [4.69, 9.17) is 26.8 Å². The zero-order chi connectivity index (χ0) is 14.3. The first-order valence-electron chi connectivity index (χ1n) is 6.08. The van der Waals surface area contributed by atoms with E-state index in [0.29, 0.717) is 23.1 Å². The van der Waals surface area contributed by atoms with Crippen molar-refractivity contribution in [3.05, 3.63) is 22.7 Å². The third kappa shape index (κ3) is 4.61. The van der Waals surface area contributed by atoms with E-state index < -0.39 is 0 Å². The lowest BCUT2D eigenvalue weighted by atomic mass is 10.2. The largest absolute Gasteiger partial charge is 0.493 e. The van der Waals surface area contributed by atoms with Crippen LogP contribution in [-0.2, 0) is 11.3 Å². The van der Waals surface area contributed by atoms with Gasteiger partial charge >= 0.3 is 0 Å². The summed E-state index contributed by atoms with van der Waals surface area (Å²) >= 11 is 5.95. The Morgan fingerprint density at radius 2 is 2.21 bits per heavy atom. The second-order valence-electron chi connectivity index (χ2n) is 3.85. The van der Waals surface area contributed by atoms with Gasteiger partial charge in [-0.2, -0.15) is 0 Å². The standard InChI is InChI=1S/C13H19ClN2O3/c1-3-16-12(17)4-5-19-13-9(8-15)6-10(14)7-11(13)18-2/h6-7H,3-5,8,15H2,1-2H3,(H,16,17). The van der Waals surface area contributed by atoms with E-state index in [1.807, 2.05) is 6.92 Å². The van der Waals surface area contributed by atoms with Crippen molar-refractivity contribution in [2.45, 2.75) is 19.9 Å². The molecule has 1 rings (SSSR count). The van der Waals surface area contributed by atoms with Crippen LogP contribution >= 0.6 is 11.6 Å². The van der Waals surface area contributed by atoms with Crippen LogP contribution in [0.5, 0.6) is 11.5 Å². The van der Waals surface area contributed by atoms with Crippen molar-refractivity contribution < 1.29 is 14.3 Å². The van der Waals surface area contributed by atoms with Gasteiger partial charge in [0.05, 0.1) is 20.1 Å². The number of carbonyl (C=O) groups is 1.